The molecule has 0 aromatic carbocycles. The van der Waals surface area contributed by atoms with Gasteiger partial charge in [0.05, 0.1) is 5.56 Å². The quantitative estimate of drug-likeness (QED) is 0.517. The Hall–Kier alpha value is -2.17. The van der Waals surface area contributed by atoms with Crippen LogP contribution in [0.5, 0.6) is 0 Å². The fourth-order valence-electron chi connectivity index (χ4n) is 3.33. The number of nitriles is 1. The molecule has 0 radical (unpaired) electrons. The number of aryl methyl sites for hydroxylation is 2. The first kappa shape index (κ1) is 20.6. The smallest absolute Gasteiger partial charge is 0.306 e. The molecule has 1 aliphatic carbocycles. The molecule has 1 amide bonds. The number of nitrogens with zero attached hydrogens (tertiary/aromatic N) is 1. The molecule has 5 nitrogen and oxygen atoms in total. The Labute approximate surface area is 173 Å². The number of thiophene rings is 2. The van der Waals surface area contributed by atoms with Gasteiger partial charge in [0.25, 0.3) is 5.91 Å². The minimum absolute atomic E-state index is 0.284. The number of nitrogens with one attached hydrogen (secondary N) is 1. The van der Waals surface area contributed by atoms with Crippen LogP contribution in [0.4, 0.5) is 5.00 Å². The average molecular weight is 417 g/mol. The minimum Gasteiger partial charge on any atom is -0.453 e. The van der Waals surface area contributed by atoms with Crippen molar-refractivity contribution in [3.63, 3.8) is 0 Å². The number of carbonyl (C=O) groups is 2. The number of fused-ring (bicyclic) bond motifs is 1. The number of esters is 1. The maximum Gasteiger partial charge on any atom is 0.306 e. The van der Waals surface area contributed by atoms with Crippen molar-refractivity contribution >= 4 is 39.6 Å². The maximum atomic E-state index is 12.5. The second kappa shape index (κ2) is 9.85. The van der Waals surface area contributed by atoms with Crippen molar-refractivity contribution in [3.8, 4) is 6.07 Å². The van der Waals surface area contributed by atoms with Crippen LogP contribution in [-0.2, 0) is 33.6 Å². The van der Waals surface area contributed by atoms with Crippen LogP contribution in [-0.4, -0.2) is 18.0 Å². The second-order valence-corrected chi connectivity index (χ2v) is 9.07. The zero-order valence-electron chi connectivity index (χ0n) is 16.0. The molecule has 3 rings (SSSR count). The fraction of sp³-hybridized carbons (Fsp3) is 0.476. The largest absolute Gasteiger partial charge is 0.453 e. The molecule has 28 heavy (non-hydrogen) atoms. The van der Waals surface area contributed by atoms with E-state index in [4.69, 9.17) is 4.74 Å². The highest BCUT2D eigenvalue weighted by Crippen LogP contribution is 2.37. The normalized spacial score (nSPS) is 14.4. The molecular formula is C21H24N2O3S2. The topological polar surface area (TPSA) is 79.2 Å². The van der Waals surface area contributed by atoms with E-state index in [-0.39, 0.29) is 18.3 Å². The van der Waals surface area contributed by atoms with E-state index in [1.165, 1.54) is 27.5 Å². The number of anilines is 1. The van der Waals surface area contributed by atoms with Gasteiger partial charge in [0.2, 0.25) is 0 Å². The number of rotatable bonds is 7. The Morgan fingerprint density at radius 2 is 2.14 bits per heavy atom. The summed E-state index contributed by atoms with van der Waals surface area (Å²) in [5.41, 5.74) is 1.66. The number of hydrogen-bond acceptors (Lipinski definition) is 6. The van der Waals surface area contributed by atoms with Gasteiger partial charge in [0, 0.05) is 16.2 Å². The van der Waals surface area contributed by atoms with E-state index in [0.29, 0.717) is 17.0 Å². The lowest BCUT2D eigenvalue weighted by Crippen LogP contribution is -2.29. The van der Waals surface area contributed by atoms with E-state index >= 15 is 0 Å². The predicted molar refractivity (Wildman–Crippen MR) is 112 cm³/mol. The monoisotopic (exact) mass is 416 g/mol. The Balaban J connectivity index is 1.52. The van der Waals surface area contributed by atoms with E-state index in [0.717, 1.165) is 37.7 Å². The average Bonchev–Trinajstić information content (AvgIpc) is 3.23. The first-order valence-electron chi connectivity index (χ1n) is 9.66. The molecule has 0 fully saturated rings. The maximum absolute atomic E-state index is 12.5. The molecule has 1 aliphatic rings. The van der Waals surface area contributed by atoms with Crippen molar-refractivity contribution in [2.75, 3.05) is 5.32 Å². The molecule has 0 spiro atoms. The van der Waals surface area contributed by atoms with Gasteiger partial charge in [-0.1, -0.05) is 12.5 Å². The van der Waals surface area contributed by atoms with Crippen LogP contribution in [0.3, 0.4) is 0 Å². The van der Waals surface area contributed by atoms with Crippen LogP contribution in [0.2, 0.25) is 0 Å². The van der Waals surface area contributed by atoms with Crippen molar-refractivity contribution in [1.82, 2.24) is 0 Å². The molecule has 0 saturated carbocycles. The number of ether oxygens (including phenoxy) is 1. The van der Waals surface area contributed by atoms with Gasteiger partial charge in [0.15, 0.2) is 6.10 Å². The van der Waals surface area contributed by atoms with Gasteiger partial charge in [-0.3, -0.25) is 9.59 Å². The van der Waals surface area contributed by atoms with Gasteiger partial charge in [-0.15, -0.1) is 22.7 Å². The summed E-state index contributed by atoms with van der Waals surface area (Å²) < 4.78 is 5.27. The fourth-order valence-corrected chi connectivity index (χ4v) is 5.33. The third-order valence-corrected chi connectivity index (χ3v) is 6.97. The van der Waals surface area contributed by atoms with E-state index in [2.05, 4.69) is 11.4 Å². The second-order valence-electron chi connectivity index (χ2n) is 6.93. The van der Waals surface area contributed by atoms with Gasteiger partial charge in [-0.25, -0.2) is 0 Å². The van der Waals surface area contributed by atoms with Crippen molar-refractivity contribution in [1.29, 1.82) is 5.26 Å². The Bertz CT molecular complexity index is 865. The molecule has 1 N–H and O–H groups in total. The lowest BCUT2D eigenvalue weighted by Gasteiger charge is -2.13. The predicted octanol–water partition coefficient (Wildman–Crippen LogP) is 4.84. The number of carbonyl (C=O) groups excluding carboxylic acids is 2. The molecule has 0 bridgehead atoms. The summed E-state index contributed by atoms with van der Waals surface area (Å²) in [6.07, 6.45) is 6.14. The van der Waals surface area contributed by atoms with Crippen LogP contribution in [0.15, 0.2) is 17.5 Å². The van der Waals surface area contributed by atoms with Gasteiger partial charge < -0.3 is 10.1 Å². The van der Waals surface area contributed by atoms with Crippen LogP contribution < -0.4 is 5.32 Å². The van der Waals surface area contributed by atoms with Crippen LogP contribution in [0, 0.1) is 11.3 Å². The van der Waals surface area contributed by atoms with Crippen molar-refractivity contribution in [3.05, 3.63) is 38.4 Å². The van der Waals surface area contributed by atoms with Crippen molar-refractivity contribution in [2.45, 2.75) is 64.4 Å². The van der Waals surface area contributed by atoms with Gasteiger partial charge in [-0.05, 0) is 62.5 Å². The highest BCUT2D eigenvalue weighted by Gasteiger charge is 2.24. The highest BCUT2D eigenvalue weighted by atomic mass is 32.1. The molecule has 2 aromatic heterocycles. The Morgan fingerprint density at radius 3 is 2.89 bits per heavy atom. The summed E-state index contributed by atoms with van der Waals surface area (Å²) in [7, 11) is 0. The van der Waals surface area contributed by atoms with Gasteiger partial charge in [-0.2, -0.15) is 5.26 Å². The zero-order valence-corrected chi connectivity index (χ0v) is 17.6. The lowest BCUT2D eigenvalue weighted by atomic mass is 10.1. The van der Waals surface area contributed by atoms with E-state index in [9.17, 15) is 14.9 Å². The van der Waals surface area contributed by atoms with E-state index in [1.807, 2.05) is 17.5 Å². The minimum atomic E-state index is -0.886. The Kier molecular flexibility index (Phi) is 7.24. The first-order valence-corrected chi connectivity index (χ1v) is 11.4. The molecule has 2 aromatic rings. The summed E-state index contributed by atoms with van der Waals surface area (Å²) in [6.45, 7) is 1.57. The van der Waals surface area contributed by atoms with Crippen LogP contribution in [0.1, 0.15) is 59.9 Å². The summed E-state index contributed by atoms with van der Waals surface area (Å²) in [4.78, 5) is 26.9. The summed E-state index contributed by atoms with van der Waals surface area (Å²) in [5.74, 6) is -0.763. The van der Waals surface area contributed by atoms with Gasteiger partial charge in [0.1, 0.15) is 11.1 Å². The molecule has 7 heteroatoms. The summed E-state index contributed by atoms with van der Waals surface area (Å²) in [5, 5.41) is 14.9. The molecular weight excluding hydrogens is 392 g/mol. The Morgan fingerprint density at radius 1 is 1.32 bits per heavy atom. The highest BCUT2D eigenvalue weighted by molar-refractivity contribution is 7.16. The summed E-state index contributed by atoms with van der Waals surface area (Å²) >= 11 is 3.15. The van der Waals surface area contributed by atoms with Crippen molar-refractivity contribution in [2.24, 2.45) is 0 Å². The van der Waals surface area contributed by atoms with E-state index < -0.39 is 6.10 Å². The molecule has 148 valence electrons. The molecule has 1 atom stereocenters. The summed E-state index contributed by atoms with van der Waals surface area (Å²) in [6, 6.07) is 6.28. The number of hydrogen-bond donors (Lipinski definition) is 1. The van der Waals surface area contributed by atoms with E-state index in [1.54, 1.807) is 18.3 Å². The number of amides is 1. The molecule has 2 heterocycles. The lowest BCUT2D eigenvalue weighted by molar-refractivity contribution is -0.153. The standard InChI is InChI=1S/C21H24N2O3S2/c1-14(26-19(24)11-5-7-15-8-6-12-27-15)20(25)23-21-17(13-22)16-9-3-2-4-10-18(16)28-21/h6,8,12,14H,2-5,7,9-11H2,1H3,(H,23,25)/t14-/m1/s1. The molecule has 0 aliphatic heterocycles. The zero-order chi connectivity index (χ0) is 19.9. The van der Waals surface area contributed by atoms with Gasteiger partial charge >= 0.3 is 5.97 Å². The molecule has 0 unspecified atom stereocenters. The molecule has 0 saturated heterocycles. The SMILES string of the molecule is C[C@@H](OC(=O)CCCc1cccs1)C(=O)Nc1sc2c(c1C#N)CCCCC2. The van der Waals surface area contributed by atoms with Crippen molar-refractivity contribution < 1.29 is 14.3 Å². The third kappa shape index (κ3) is 5.21. The van der Waals surface area contributed by atoms with Crippen LogP contribution in [0.25, 0.3) is 0 Å². The third-order valence-electron chi connectivity index (χ3n) is 4.83. The first-order chi connectivity index (χ1) is 13.6. The van der Waals surface area contributed by atoms with Crippen LogP contribution >= 0.6 is 22.7 Å².